The summed E-state index contributed by atoms with van der Waals surface area (Å²) < 4.78 is 29.2. The van der Waals surface area contributed by atoms with Gasteiger partial charge in [0.05, 0.1) is 5.39 Å². The van der Waals surface area contributed by atoms with E-state index in [1.807, 2.05) is 4.72 Å². The van der Waals surface area contributed by atoms with Gasteiger partial charge in [0, 0.05) is 27.3 Å². The number of carbonyl (C=O) groups is 1. The van der Waals surface area contributed by atoms with E-state index in [4.69, 9.17) is 0 Å². The van der Waals surface area contributed by atoms with Crippen LogP contribution in [0.2, 0.25) is 0 Å². The maximum Gasteiger partial charge on any atom is 0.303 e. The first-order chi connectivity index (χ1) is 11.2. The Morgan fingerprint density at radius 1 is 1.29 bits per heavy atom. The molecule has 0 bridgehead atoms. The maximum atomic E-state index is 12.5. The van der Waals surface area contributed by atoms with Crippen LogP contribution in [0.5, 0.6) is 0 Å². The van der Waals surface area contributed by atoms with Gasteiger partial charge in [-0.25, -0.2) is 9.71 Å². The second kappa shape index (κ2) is 5.42. The molecule has 0 saturated carbocycles. The average molecular weight is 349 g/mol. The molecule has 0 spiro atoms. The van der Waals surface area contributed by atoms with Gasteiger partial charge in [-0.2, -0.15) is 12.7 Å². The normalized spacial score (nSPS) is 12.2. The second-order valence-electron chi connectivity index (χ2n) is 5.39. The number of amides is 1. The lowest BCUT2D eigenvalue weighted by atomic mass is 10.3. The molecule has 3 aromatic heterocycles. The van der Waals surface area contributed by atoms with E-state index in [1.165, 1.54) is 29.1 Å². The van der Waals surface area contributed by atoms with Gasteiger partial charge >= 0.3 is 10.2 Å². The highest BCUT2D eigenvalue weighted by Gasteiger charge is 2.22. The minimum atomic E-state index is -3.93. The highest BCUT2D eigenvalue weighted by molar-refractivity contribution is 7.87. The molecule has 0 aromatic carbocycles. The van der Waals surface area contributed by atoms with Gasteiger partial charge < -0.3 is 4.57 Å². The monoisotopic (exact) mass is 349 g/mol. The number of aromatic nitrogens is 3. The van der Waals surface area contributed by atoms with Crippen LogP contribution >= 0.6 is 0 Å². The number of carbonyl (C=O) groups excluding carboxylic acids is 1. The summed E-state index contributed by atoms with van der Waals surface area (Å²) in [5.74, 6) is -0.836. The largest absolute Gasteiger partial charge is 0.324 e. The molecule has 0 aliphatic heterocycles. The summed E-state index contributed by atoms with van der Waals surface area (Å²) in [6, 6.07) is 6.45. The van der Waals surface area contributed by atoms with Crippen molar-refractivity contribution in [3.63, 3.8) is 0 Å². The summed E-state index contributed by atoms with van der Waals surface area (Å²) in [4.78, 5) is 29.2. The van der Waals surface area contributed by atoms with E-state index in [9.17, 15) is 18.0 Å². The fraction of sp³-hybridized carbons (Fsp3) is 0.214. The van der Waals surface area contributed by atoms with Gasteiger partial charge in [-0.1, -0.05) is 6.07 Å². The Bertz CT molecular complexity index is 1130. The van der Waals surface area contributed by atoms with Crippen LogP contribution < -0.4 is 10.3 Å². The molecule has 126 valence electrons. The minimum Gasteiger partial charge on any atom is -0.324 e. The van der Waals surface area contributed by atoms with Crippen LogP contribution in [0.3, 0.4) is 0 Å². The lowest BCUT2D eigenvalue weighted by Gasteiger charge is -2.12. The van der Waals surface area contributed by atoms with Crippen molar-refractivity contribution in [1.82, 2.24) is 23.0 Å². The fourth-order valence-electron chi connectivity index (χ4n) is 2.30. The van der Waals surface area contributed by atoms with E-state index in [0.29, 0.717) is 11.3 Å². The first kappa shape index (κ1) is 16.1. The van der Waals surface area contributed by atoms with Gasteiger partial charge in [0.2, 0.25) is 0 Å². The van der Waals surface area contributed by atoms with Crippen molar-refractivity contribution in [1.29, 1.82) is 0 Å². The number of nitrogens with one attached hydrogen (secondary N) is 1. The molecule has 0 atom stereocenters. The Labute approximate surface area is 137 Å². The molecule has 0 unspecified atom stereocenters. The lowest BCUT2D eigenvalue weighted by Crippen LogP contribution is -2.40. The first-order valence-electron chi connectivity index (χ1n) is 6.94. The molecular formula is C14H15N5O4S. The summed E-state index contributed by atoms with van der Waals surface area (Å²) in [6.07, 6.45) is 1.58. The van der Waals surface area contributed by atoms with Crippen LogP contribution in [0.1, 0.15) is 10.5 Å². The predicted octanol–water partition coefficient (Wildman–Crippen LogP) is -0.278. The van der Waals surface area contributed by atoms with Gasteiger partial charge in [-0.05, 0) is 18.2 Å². The van der Waals surface area contributed by atoms with Crippen LogP contribution in [0, 0.1) is 0 Å². The number of pyridine rings is 1. The smallest absolute Gasteiger partial charge is 0.303 e. The average Bonchev–Trinajstić information content (AvgIpc) is 2.85. The Morgan fingerprint density at radius 2 is 2.00 bits per heavy atom. The van der Waals surface area contributed by atoms with Gasteiger partial charge in [0.15, 0.2) is 0 Å². The van der Waals surface area contributed by atoms with Gasteiger partial charge in [0.1, 0.15) is 17.0 Å². The molecular weight excluding hydrogens is 334 g/mol. The van der Waals surface area contributed by atoms with Gasteiger partial charge in [0.25, 0.3) is 11.5 Å². The molecule has 0 fully saturated rings. The van der Waals surface area contributed by atoms with Gasteiger partial charge in [-0.3, -0.25) is 14.0 Å². The van der Waals surface area contributed by atoms with Crippen molar-refractivity contribution in [2.24, 2.45) is 7.05 Å². The first-order valence-corrected chi connectivity index (χ1v) is 8.38. The molecule has 3 aromatic rings. The molecule has 10 heteroatoms. The van der Waals surface area contributed by atoms with E-state index >= 15 is 0 Å². The number of hydrogen-bond donors (Lipinski definition) is 1. The van der Waals surface area contributed by atoms with Crippen LogP contribution in [0.15, 0.2) is 35.3 Å². The maximum absolute atomic E-state index is 12.5. The molecule has 24 heavy (non-hydrogen) atoms. The van der Waals surface area contributed by atoms with Crippen LogP contribution in [0.4, 0.5) is 0 Å². The van der Waals surface area contributed by atoms with E-state index in [0.717, 1.165) is 4.31 Å². The number of aryl methyl sites for hydroxylation is 1. The van der Waals surface area contributed by atoms with E-state index in [1.54, 1.807) is 31.4 Å². The van der Waals surface area contributed by atoms with Crippen LogP contribution in [-0.4, -0.2) is 46.7 Å². The van der Waals surface area contributed by atoms with E-state index in [2.05, 4.69) is 4.98 Å². The Balaban J connectivity index is 2.19. The molecule has 3 rings (SSSR count). The molecule has 9 nitrogen and oxygen atoms in total. The molecule has 3 heterocycles. The Kier molecular flexibility index (Phi) is 3.65. The topological polar surface area (TPSA) is 106 Å². The Morgan fingerprint density at radius 3 is 2.67 bits per heavy atom. The highest BCUT2D eigenvalue weighted by atomic mass is 32.2. The lowest BCUT2D eigenvalue weighted by molar-refractivity contribution is 0.0972. The fourth-order valence-corrected chi connectivity index (χ4v) is 2.82. The molecule has 1 N–H and O–H groups in total. The molecule has 0 aliphatic carbocycles. The van der Waals surface area contributed by atoms with Crippen molar-refractivity contribution in [2.75, 3.05) is 14.1 Å². The number of hydrogen-bond acceptors (Lipinski definition) is 5. The standard InChI is InChI=1S/C14H15N5O4S/c1-17(2)24(22,23)16-13(20)10-8-9-12(18(10)3)15-11-6-4-5-7-19(11)14(9)21/h4-8H,1-3H3,(H,16,20). The minimum absolute atomic E-state index is 0.0240. The Hall–Kier alpha value is -2.72. The van der Waals surface area contributed by atoms with Crippen molar-refractivity contribution in [3.05, 3.63) is 46.5 Å². The summed E-state index contributed by atoms with van der Waals surface area (Å²) in [5, 5.41) is 0.230. The summed E-state index contributed by atoms with van der Waals surface area (Å²) in [7, 11) is 0.223. The SMILES string of the molecule is CN(C)S(=O)(=O)NC(=O)c1cc2c(=O)n3ccccc3nc2n1C. The van der Waals surface area contributed by atoms with Crippen molar-refractivity contribution in [3.8, 4) is 0 Å². The zero-order valence-electron chi connectivity index (χ0n) is 13.2. The number of rotatable bonds is 3. The van der Waals surface area contributed by atoms with Crippen LogP contribution in [0.25, 0.3) is 16.7 Å². The zero-order valence-corrected chi connectivity index (χ0v) is 14.0. The quantitative estimate of drug-likeness (QED) is 0.700. The summed E-state index contributed by atoms with van der Waals surface area (Å²) in [5.41, 5.74) is 0.430. The van der Waals surface area contributed by atoms with E-state index in [-0.39, 0.29) is 16.6 Å². The van der Waals surface area contributed by atoms with E-state index < -0.39 is 16.1 Å². The number of fused-ring (bicyclic) bond motifs is 2. The van der Waals surface area contributed by atoms with Crippen LogP contribution in [-0.2, 0) is 17.3 Å². The van der Waals surface area contributed by atoms with Crippen molar-refractivity contribution >= 4 is 32.8 Å². The molecule has 1 amide bonds. The highest BCUT2D eigenvalue weighted by Crippen LogP contribution is 2.15. The summed E-state index contributed by atoms with van der Waals surface area (Å²) >= 11 is 0. The summed E-state index contributed by atoms with van der Waals surface area (Å²) in [6.45, 7) is 0. The second-order valence-corrected chi connectivity index (χ2v) is 7.27. The third-order valence-electron chi connectivity index (χ3n) is 3.64. The third kappa shape index (κ3) is 2.45. The third-order valence-corrected chi connectivity index (χ3v) is 5.05. The van der Waals surface area contributed by atoms with Crippen molar-refractivity contribution < 1.29 is 13.2 Å². The number of nitrogens with zero attached hydrogens (tertiary/aromatic N) is 4. The molecule has 0 saturated heterocycles. The molecule has 0 radical (unpaired) electrons. The van der Waals surface area contributed by atoms with Crippen molar-refractivity contribution in [2.45, 2.75) is 0 Å². The van der Waals surface area contributed by atoms with Gasteiger partial charge in [-0.15, -0.1) is 0 Å². The molecule has 0 aliphatic rings. The zero-order chi connectivity index (χ0) is 17.6. The predicted molar refractivity (Wildman–Crippen MR) is 88.0 cm³/mol.